The molecule has 1 atom stereocenters. The third-order valence-electron chi connectivity index (χ3n) is 3.68. The molecule has 102 valence electrons. The lowest BCUT2D eigenvalue weighted by molar-refractivity contribution is 0.388. The maximum absolute atomic E-state index is 3.59. The van der Waals surface area contributed by atoms with E-state index in [1.165, 1.54) is 29.5 Å². The Bertz CT molecular complexity index is 379. The van der Waals surface area contributed by atoms with Crippen molar-refractivity contribution in [3.63, 3.8) is 0 Å². The SMILES string of the molecule is CCCNC(C)CC(C)(C)c1cc(C)ccc1C. The smallest absolute Gasteiger partial charge is 0.00470 e. The van der Waals surface area contributed by atoms with Gasteiger partial charge in [-0.05, 0) is 56.7 Å². The lowest BCUT2D eigenvalue weighted by Crippen LogP contribution is -2.34. The zero-order valence-electron chi connectivity index (χ0n) is 12.9. The largest absolute Gasteiger partial charge is 0.314 e. The molecular weight excluding hydrogens is 218 g/mol. The van der Waals surface area contributed by atoms with E-state index < -0.39 is 0 Å². The summed E-state index contributed by atoms with van der Waals surface area (Å²) < 4.78 is 0. The van der Waals surface area contributed by atoms with Crippen LogP contribution in [0.5, 0.6) is 0 Å². The second-order valence-corrected chi connectivity index (χ2v) is 6.26. The van der Waals surface area contributed by atoms with Gasteiger partial charge < -0.3 is 5.32 Å². The van der Waals surface area contributed by atoms with Crippen LogP contribution in [0.3, 0.4) is 0 Å². The first-order valence-corrected chi connectivity index (χ1v) is 7.18. The Labute approximate surface area is 113 Å². The van der Waals surface area contributed by atoms with Crippen molar-refractivity contribution in [1.82, 2.24) is 5.32 Å². The van der Waals surface area contributed by atoms with E-state index in [1.807, 2.05) is 0 Å². The molecule has 0 bridgehead atoms. The number of benzene rings is 1. The predicted octanol–water partition coefficient (Wildman–Crippen LogP) is 4.36. The van der Waals surface area contributed by atoms with Crippen LogP contribution in [0, 0.1) is 13.8 Å². The third kappa shape index (κ3) is 4.13. The molecule has 1 aromatic carbocycles. The minimum absolute atomic E-state index is 0.232. The summed E-state index contributed by atoms with van der Waals surface area (Å²) in [5, 5.41) is 3.59. The zero-order chi connectivity index (χ0) is 13.8. The molecule has 0 amide bonds. The van der Waals surface area contributed by atoms with Gasteiger partial charge in [-0.1, -0.05) is 44.5 Å². The maximum atomic E-state index is 3.59. The second kappa shape index (κ2) is 6.38. The quantitative estimate of drug-likeness (QED) is 0.787. The molecule has 1 unspecified atom stereocenters. The summed E-state index contributed by atoms with van der Waals surface area (Å²) in [6.07, 6.45) is 2.38. The van der Waals surface area contributed by atoms with Crippen molar-refractivity contribution >= 4 is 0 Å². The molecule has 0 aliphatic heterocycles. The van der Waals surface area contributed by atoms with E-state index in [2.05, 4.69) is 65.1 Å². The fourth-order valence-electron chi connectivity index (χ4n) is 2.80. The molecular formula is C17H29N. The Morgan fingerprint density at radius 2 is 1.89 bits per heavy atom. The van der Waals surface area contributed by atoms with Gasteiger partial charge in [0.2, 0.25) is 0 Å². The van der Waals surface area contributed by atoms with Gasteiger partial charge in [0.05, 0.1) is 0 Å². The summed E-state index contributed by atoms with van der Waals surface area (Å²) in [6.45, 7) is 14.7. The summed E-state index contributed by atoms with van der Waals surface area (Å²) >= 11 is 0. The molecule has 0 aliphatic rings. The summed E-state index contributed by atoms with van der Waals surface area (Å²) in [4.78, 5) is 0. The van der Waals surface area contributed by atoms with Crippen molar-refractivity contribution in [1.29, 1.82) is 0 Å². The Balaban J connectivity index is 2.81. The Morgan fingerprint density at radius 1 is 1.22 bits per heavy atom. The van der Waals surface area contributed by atoms with Crippen molar-refractivity contribution in [2.45, 2.75) is 65.8 Å². The van der Waals surface area contributed by atoms with Crippen LogP contribution in [0.4, 0.5) is 0 Å². The fraction of sp³-hybridized carbons (Fsp3) is 0.647. The molecule has 0 heterocycles. The minimum atomic E-state index is 0.232. The minimum Gasteiger partial charge on any atom is -0.314 e. The molecule has 1 rings (SSSR count). The average Bonchev–Trinajstić information content (AvgIpc) is 2.29. The topological polar surface area (TPSA) is 12.0 Å². The molecule has 0 saturated heterocycles. The lowest BCUT2D eigenvalue weighted by Gasteiger charge is -2.31. The molecule has 0 radical (unpaired) electrons. The highest BCUT2D eigenvalue weighted by atomic mass is 14.9. The molecule has 0 aliphatic carbocycles. The van der Waals surface area contributed by atoms with Gasteiger partial charge in [0.25, 0.3) is 0 Å². The molecule has 0 aromatic heterocycles. The highest BCUT2D eigenvalue weighted by molar-refractivity contribution is 5.35. The Hall–Kier alpha value is -0.820. The van der Waals surface area contributed by atoms with Crippen LogP contribution in [-0.4, -0.2) is 12.6 Å². The highest BCUT2D eigenvalue weighted by Gasteiger charge is 2.24. The van der Waals surface area contributed by atoms with E-state index in [0.29, 0.717) is 6.04 Å². The van der Waals surface area contributed by atoms with Gasteiger partial charge in [-0.15, -0.1) is 0 Å². The van der Waals surface area contributed by atoms with Crippen LogP contribution < -0.4 is 5.32 Å². The summed E-state index contributed by atoms with van der Waals surface area (Å²) in [7, 11) is 0. The zero-order valence-corrected chi connectivity index (χ0v) is 12.9. The maximum Gasteiger partial charge on any atom is 0.00470 e. The summed E-state index contributed by atoms with van der Waals surface area (Å²) in [6, 6.07) is 7.37. The van der Waals surface area contributed by atoms with Crippen LogP contribution in [0.25, 0.3) is 0 Å². The van der Waals surface area contributed by atoms with Crippen molar-refractivity contribution in [2.75, 3.05) is 6.54 Å². The molecule has 1 aromatic rings. The van der Waals surface area contributed by atoms with Crippen molar-refractivity contribution in [2.24, 2.45) is 0 Å². The van der Waals surface area contributed by atoms with Crippen LogP contribution in [0.15, 0.2) is 18.2 Å². The molecule has 18 heavy (non-hydrogen) atoms. The van der Waals surface area contributed by atoms with Crippen LogP contribution >= 0.6 is 0 Å². The van der Waals surface area contributed by atoms with Gasteiger partial charge in [0.1, 0.15) is 0 Å². The average molecular weight is 247 g/mol. The molecule has 1 heteroatoms. The van der Waals surface area contributed by atoms with Crippen LogP contribution in [0.1, 0.15) is 57.2 Å². The van der Waals surface area contributed by atoms with Gasteiger partial charge >= 0.3 is 0 Å². The van der Waals surface area contributed by atoms with Gasteiger partial charge in [0.15, 0.2) is 0 Å². The van der Waals surface area contributed by atoms with Crippen molar-refractivity contribution in [3.05, 3.63) is 34.9 Å². The van der Waals surface area contributed by atoms with E-state index in [1.54, 1.807) is 0 Å². The molecule has 1 N–H and O–H groups in total. The van der Waals surface area contributed by atoms with E-state index in [-0.39, 0.29) is 5.41 Å². The molecule has 0 fully saturated rings. The molecule has 1 nitrogen and oxygen atoms in total. The van der Waals surface area contributed by atoms with E-state index >= 15 is 0 Å². The second-order valence-electron chi connectivity index (χ2n) is 6.26. The van der Waals surface area contributed by atoms with Gasteiger partial charge in [-0.25, -0.2) is 0 Å². The normalized spacial score (nSPS) is 13.7. The van der Waals surface area contributed by atoms with E-state index in [0.717, 1.165) is 6.54 Å². The third-order valence-corrected chi connectivity index (χ3v) is 3.68. The van der Waals surface area contributed by atoms with Gasteiger partial charge in [-0.2, -0.15) is 0 Å². The first-order chi connectivity index (χ1) is 8.36. The Kier molecular flexibility index (Phi) is 5.40. The van der Waals surface area contributed by atoms with Crippen LogP contribution in [-0.2, 0) is 5.41 Å². The highest BCUT2D eigenvalue weighted by Crippen LogP contribution is 2.31. The predicted molar refractivity (Wildman–Crippen MR) is 81.3 cm³/mol. The molecule has 0 saturated carbocycles. The number of hydrogen-bond acceptors (Lipinski definition) is 1. The Morgan fingerprint density at radius 3 is 2.50 bits per heavy atom. The van der Waals surface area contributed by atoms with Gasteiger partial charge in [-0.3, -0.25) is 0 Å². The number of nitrogens with one attached hydrogen (secondary N) is 1. The number of aryl methyl sites for hydroxylation is 2. The van der Waals surface area contributed by atoms with E-state index in [9.17, 15) is 0 Å². The van der Waals surface area contributed by atoms with Crippen molar-refractivity contribution < 1.29 is 0 Å². The summed E-state index contributed by atoms with van der Waals surface area (Å²) in [5.74, 6) is 0. The van der Waals surface area contributed by atoms with Crippen molar-refractivity contribution in [3.8, 4) is 0 Å². The van der Waals surface area contributed by atoms with E-state index in [4.69, 9.17) is 0 Å². The van der Waals surface area contributed by atoms with Crippen LogP contribution in [0.2, 0.25) is 0 Å². The first-order valence-electron chi connectivity index (χ1n) is 7.18. The van der Waals surface area contributed by atoms with Gasteiger partial charge in [0, 0.05) is 6.04 Å². The first kappa shape index (κ1) is 15.2. The molecule has 0 spiro atoms. The number of rotatable bonds is 6. The number of hydrogen-bond donors (Lipinski definition) is 1. The fourth-order valence-corrected chi connectivity index (χ4v) is 2.80. The lowest BCUT2D eigenvalue weighted by atomic mass is 9.77. The monoisotopic (exact) mass is 247 g/mol. The standard InChI is InChI=1S/C17H29N/c1-7-10-18-15(4)12-17(5,6)16-11-13(2)8-9-14(16)3/h8-9,11,15,18H,7,10,12H2,1-6H3. The summed E-state index contributed by atoms with van der Waals surface area (Å²) in [5.41, 5.74) is 4.50.